The van der Waals surface area contributed by atoms with Crippen LogP contribution in [0.3, 0.4) is 0 Å². The second kappa shape index (κ2) is 10.9. The summed E-state index contributed by atoms with van der Waals surface area (Å²) in [5.41, 5.74) is 0.587. The molecule has 0 saturated heterocycles. The molecule has 0 atom stereocenters. The molecule has 0 radical (unpaired) electrons. The number of oxime groups is 1. The molecular weight excluding hydrogens is 376 g/mol. The molecule has 0 aliphatic rings. The first kappa shape index (κ1) is 21.2. The predicted molar refractivity (Wildman–Crippen MR) is 108 cm³/mol. The summed E-state index contributed by atoms with van der Waals surface area (Å²) in [7, 11) is 0. The maximum atomic E-state index is 12.2. The Bertz CT molecular complexity index is 884. The first-order chi connectivity index (χ1) is 13.5. The molecule has 0 aromatic heterocycles. The molecule has 2 aromatic rings. The summed E-state index contributed by atoms with van der Waals surface area (Å²) in [6, 6.07) is 14.9. The Morgan fingerprint density at radius 1 is 1.04 bits per heavy atom. The molecule has 0 unspecified atom stereocenters. The topological polar surface area (TPSA) is 69.3 Å². The zero-order valence-electron chi connectivity index (χ0n) is 15.7. The van der Waals surface area contributed by atoms with Gasteiger partial charge in [0.15, 0.2) is 0 Å². The van der Waals surface area contributed by atoms with Crippen LogP contribution in [0.15, 0.2) is 63.5 Å². The van der Waals surface area contributed by atoms with E-state index in [9.17, 15) is 9.59 Å². The normalized spacial score (nSPS) is 10.8. The van der Waals surface area contributed by atoms with Gasteiger partial charge in [0.25, 0.3) is 0 Å². The third kappa shape index (κ3) is 6.89. The molecule has 0 spiro atoms. The minimum absolute atomic E-state index is 0.114. The van der Waals surface area contributed by atoms with Gasteiger partial charge in [-0.15, -0.1) is 0 Å². The summed E-state index contributed by atoms with van der Waals surface area (Å²) in [5.74, 6) is -0.0889. The fourth-order valence-corrected chi connectivity index (χ4v) is 2.95. The average molecular weight is 396 g/mol. The van der Waals surface area contributed by atoms with Crippen molar-refractivity contribution in [1.29, 1.82) is 0 Å². The number of hydrogen-bond acceptors (Lipinski definition) is 6. The highest BCUT2D eigenvalue weighted by atomic mass is 32.2. The number of carbonyl (C=O) groups is 2. The smallest absolute Gasteiger partial charge is 0.331 e. The van der Waals surface area contributed by atoms with E-state index in [1.165, 1.54) is 13.8 Å². The Balaban J connectivity index is 1.93. The van der Waals surface area contributed by atoms with Crippen LogP contribution in [-0.2, 0) is 9.63 Å². The van der Waals surface area contributed by atoms with E-state index >= 15 is 0 Å². The Labute approximate surface area is 168 Å². The van der Waals surface area contributed by atoms with E-state index in [0.29, 0.717) is 18.7 Å². The molecule has 6 nitrogen and oxygen atoms in total. The molecular formula is C21H20N2O4S. The summed E-state index contributed by atoms with van der Waals surface area (Å²) in [4.78, 5) is 32.8. The molecule has 0 fully saturated rings. The summed E-state index contributed by atoms with van der Waals surface area (Å²) in [5, 5.41) is 3.52. The number of ketones is 1. The van der Waals surface area contributed by atoms with Crippen LogP contribution in [0.2, 0.25) is 0 Å². The molecule has 0 saturated carbocycles. The van der Waals surface area contributed by atoms with E-state index in [1.54, 1.807) is 23.9 Å². The lowest BCUT2D eigenvalue weighted by molar-refractivity contribution is -0.140. The highest BCUT2D eigenvalue weighted by Crippen LogP contribution is 2.29. The van der Waals surface area contributed by atoms with Crippen molar-refractivity contribution in [3.63, 3.8) is 0 Å². The van der Waals surface area contributed by atoms with E-state index in [-0.39, 0.29) is 11.5 Å². The van der Waals surface area contributed by atoms with Gasteiger partial charge in [0.2, 0.25) is 12.3 Å². The third-order valence-corrected chi connectivity index (χ3v) is 4.51. The molecule has 0 amide bonds. The van der Waals surface area contributed by atoms with Crippen molar-refractivity contribution in [3.05, 3.63) is 65.5 Å². The minimum atomic E-state index is -0.571. The van der Waals surface area contributed by atoms with E-state index < -0.39 is 5.97 Å². The van der Waals surface area contributed by atoms with Gasteiger partial charge in [-0.3, -0.25) is 4.79 Å². The largest absolute Gasteiger partial charge is 0.493 e. The van der Waals surface area contributed by atoms with Crippen LogP contribution in [-0.4, -0.2) is 30.6 Å². The molecule has 0 aliphatic carbocycles. The van der Waals surface area contributed by atoms with Crippen molar-refractivity contribution >= 4 is 29.2 Å². The van der Waals surface area contributed by atoms with Gasteiger partial charge < -0.3 is 14.4 Å². The number of hydrogen-bond donors (Lipinski definition) is 0. The number of ether oxygens (including phenoxy) is 1. The van der Waals surface area contributed by atoms with E-state index in [1.807, 2.05) is 36.4 Å². The van der Waals surface area contributed by atoms with Gasteiger partial charge in [-0.05, 0) is 55.5 Å². The van der Waals surface area contributed by atoms with Crippen LogP contribution >= 0.6 is 11.8 Å². The number of benzene rings is 2. The van der Waals surface area contributed by atoms with Crippen molar-refractivity contribution < 1.29 is 19.2 Å². The first-order valence-corrected chi connectivity index (χ1v) is 9.42. The standard InChI is InChI=1S/C21H20N2O4S/c1-15(23-27-16(2)24)21(25)17-5-9-19(10-6-17)28-20-11-7-18(8-12-20)26-14-4-13-22-3/h5-12H,4,13-14H2,1-2H3/b23-15+. The van der Waals surface area contributed by atoms with E-state index in [2.05, 4.69) is 14.8 Å². The van der Waals surface area contributed by atoms with Gasteiger partial charge in [-0.2, -0.15) is 0 Å². The summed E-state index contributed by atoms with van der Waals surface area (Å²) in [6.07, 6.45) is 0.718. The second-order valence-electron chi connectivity index (χ2n) is 5.77. The lowest BCUT2D eigenvalue weighted by Gasteiger charge is -2.06. The molecule has 144 valence electrons. The Kier molecular flexibility index (Phi) is 8.25. The number of carbonyl (C=O) groups excluding carboxylic acids is 2. The van der Waals surface area contributed by atoms with Crippen LogP contribution in [0, 0.1) is 6.57 Å². The number of nitrogens with zero attached hydrogens (tertiary/aromatic N) is 2. The van der Waals surface area contributed by atoms with Crippen LogP contribution < -0.4 is 4.74 Å². The summed E-state index contributed by atoms with van der Waals surface area (Å²) in [6.45, 7) is 10.5. The maximum Gasteiger partial charge on any atom is 0.331 e. The molecule has 7 heteroatoms. The van der Waals surface area contributed by atoms with Crippen LogP contribution in [0.5, 0.6) is 5.75 Å². The van der Waals surface area contributed by atoms with Crippen LogP contribution in [0.4, 0.5) is 0 Å². The van der Waals surface area contributed by atoms with Gasteiger partial charge in [0.1, 0.15) is 11.5 Å². The quantitative estimate of drug-likeness (QED) is 0.154. The molecule has 2 aromatic carbocycles. The first-order valence-electron chi connectivity index (χ1n) is 8.60. The Hall–Kier alpha value is -3.11. The zero-order chi connectivity index (χ0) is 20.4. The SMILES string of the molecule is [C-]#[N+]CCCOc1ccc(Sc2ccc(C(=O)/C(C)=N/OC(C)=O)cc2)cc1. The van der Waals surface area contributed by atoms with Gasteiger partial charge in [-0.25, -0.2) is 11.4 Å². The average Bonchev–Trinajstić information content (AvgIpc) is 2.70. The van der Waals surface area contributed by atoms with Gasteiger partial charge in [0, 0.05) is 22.3 Å². The van der Waals surface area contributed by atoms with Gasteiger partial charge in [0.05, 0.1) is 13.0 Å². The molecule has 0 heterocycles. The fraction of sp³-hybridized carbons (Fsp3) is 0.238. The minimum Gasteiger partial charge on any atom is -0.493 e. The maximum absolute atomic E-state index is 12.2. The van der Waals surface area contributed by atoms with Crippen molar-refractivity contribution in [2.75, 3.05) is 13.2 Å². The summed E-state index contributed by atoms with van der Waals surface area (Å²) >= 11 is 1.57. The molecule has 28 heavy (non-hydrogen) atoms. The van der Waals surface area contributed by atoms with Crippen molar-refractivity contribution in [2.24, 2.45) is 5.16 Å². The highest BCUT2D eigenvalue weighted by molar-refractivity contribution is 7.99. The lowest BCUT2D eigenvalue weighted by atomic mass is 10.1. The number of rotatable bonds is 9. The molecule has 0 N–H and O–H groups in total. The molecule has 0 aliphatic heterocycles. The van der Waals surface area contributed by atoms with Crippen molar-refractivity contribution in [1.82, 2.24) is 0 Å². The van der Waals surface area contributed by atoms with E-state index in [0.717, 1.165) is 22.0 Å². The number of Topliss-reactive ketones (excluding diaryl/α,β-unsaturated/α-hetero) is 1. The predicted octanol–water partition coefficient (Wildman–Crippen LogP) is 4.65. The summed E-state index contributed by atoms with van der Waals surface area (Å²) < 4.78 is 5.58. The van der Waals surface area contributed by atoms with Gasteiger partial charge >= 0.3 is 5.97 Å². The third-order valence-electron chi connectivity index (χ3n) is 3.50. The van der Waals surface area contributed by atoms with Crippen LogP contribution in [0.1, 0.15) is 30.6 Å². The van der Waals surface area contributed by atoms with Crippen LogP contribution in [0.25, 0.3) is 4.85 Å². The molecule has 2 rings (SSSR count). The highest BCUT2D eigenvalue weighted by Gasteiger charge is 2.11. The lowest BCUT2D eigenvalue weighted by Crippen LogP contribution is -2.11. The molecule has 0 bridgehead atoms. The Morgan fingerprint density at radius 3 is 2.21 bits per heavy atom. The fourth-order valence-electron chi connectivity index (χ4n) is 2.13. The monoisotopic (exact) mass is 396 g/mol. The van der Waals surface area contributed by atoms with E-state index in [4.69, 9.17) is 11.3 Å². The second-order valence-corrected chi connectivity index (χ2v) is 6.92. The Morgan fingerprint density at radius 2 is 1.64 bits per heavy atom. The van der Waals surface area contributed by atoms with Gasteiger partial charge in [-0.1, -0.05) is 16.9 Å². The van der Waals surface area contributed by atoms with Crippen molar-refractivity contribution in [2.45, 2.75) is 30.1 Å². The van der Waals surface area contributed by atoms with Crippen molar-refractivity contribution in [3.8, 4) is 5.75 Å². The zero-order valence-corrected chi connectivity index (χ0v) is 16.5.